The van der Waals surface area contributed by atoms with Crippen LogP contribution in [0.1, 0.15) is 43.0 Å². The number of carbonyl (C=O) groups excluding carboxylic acids is 2. The maximum Gasteiger partial charge on any atom is 0.256 e. The molecule has 0 bridgehead atoms. The molecule has 1 saturated carbocycles. The summed E-state index contributed by atoms with van der Waals surface area (Å²) in [6.07, 6.45) is 3.37. The van der Waals surface area contributed by atoms with Gasteiger partial charge >= 0.3 is 0 Å². The van der Waals surface area contributed by atoms with Crippen LogP contribution in [-0.4, -0.2) is 67.2 Å². The van der Waals surface area contributed by atoms with Crippen LogP contribution in [0.15, 0.2) is 18.2 Å². The van der Waals surface area contributed by atoms with Gasteiger partial charge in [-0.25, -0.2) is 0 Å². The third-order valence-electron chi connectivity index (χ3n) is 5.86. The van der Waals surface area contributed by atoms with E-state index in [2.05, 4.69) is 12.2 Å². The van der Waals surface area contributed by atoms with Crippen molar-refractivity contribution in [1.29, 1.82) is 0 Å². The molecule has 2 amide bonds. The van der Waals surface area contributed by atoms with Crippen LogP contribution in [-0.2, 0) is 9.53 Å². The number of likely N-dealkylation sites (N-methyl/N-ethyl adjacent to an activating group) is 1. The Balaban J connectivity index is 1.87. The molecule has 1 saturated heterocycles. The van der Waals surface area contributed by atoms with Crippen molar-refractivity contribution in [1.82, 2.24) is 15.1 Å². The van der Waals surface area contributed by atoms with Gasteiger partial charge in [-0.05, 0) is 63.9 Å². The molecular formula is C21H29Cl2N3O3. The largest absolute Gasteiger partial charge is 0.353 e. The number of benzene rings is 1. The van der Waals surface area contributed by atoms with Crippen LogP contribution >= 0.6 is 23.2 Å². The summed E-state index contributed by atoms with van der Waals surface area (Å²) in [5.41, 5.74) is -0.326. The van der Waals surface area contributed by atoms with E-state index >= 15 is 0 Å². The molecule has 1 spiro atoms. The van der Waals surface area contributed by atoms with E-state index in [9.17, 15) is 9.59 Å². The number of hydrogen-bond acceptors (Lipinski definition) is 4. The molecule has 6 nitrogen and oxygen atoms in total. The lowest BCUT2D eigenvalue weighted by Gasteiger charge is -2.43. The molecule has 2 aliphatic rings. The summed E-state index contributed by atoms with van der Waals surface area (Å²) < 4.78 is 6.17. The zero-order valence-corrected chi connectivity index (χ0v) is 18.7. The lowest BCUT2D eigenvalue weighted by Crippen LogP contribution is -2.57. The van der Waals surface area contributed by atoms with Crippen molar-refractivity contribution < 1.29 is 14.3 Å². The van der Waals surface area contributed by atoms with E-state index in [4.69, 9.17) is 27.9 Å². The first kappa shape index (κ1) is 22.3. The van der Waals surface area contributed by atoms with Gasteiger partial charge in [-0.1, -0.05) is 30.1 Å². The van der Waals surface area contributed by atoms with Crippen LogP contribution in [0.5, 0.6) is 0 Å². The predicted octanol–water partition coefficient (Wildman–Crippen LogP) is 3.42. The van der Waals surface area contributed by atoms with E-state index < -0.39 is 11.8 Å². The van der Waals surface area contributed by atoms with Crippen molar-refractivity contribution in [3.63, 3.8) is 0 Å². The second-order valence-corrected chi connectivity index (χ2v) is 9.17. The van der Waals surface area contributed by atoms with Gasteiger partial charge in [0.2, 0.25) is 5.91 Å². The fraction of sp³-hybridized carbons (Fsp3) is 0.619. The van der Waals surface area contributed by atoms with Crippen LogP contribution in [0.2, 0.25) is 10.0 Å². The van der Waals surface area contributed by atoms with Crippen molar-refractivity contribution in [2.75, 3.05) is 33.8 Å². The molecule has 1 aliphatic heterocycles. The van der Waals surface area contributed by atoms with E-state index in [0.29, 0.717) is 28.1 Å². The summed E-state index contributed by atoms with van der Waals surface area (Å²) in [6.45, 7) is 3.65. The molecule has 29 heavy (non-hydrogen) atoms. The number of carbonyl (C=O) groups is 2. The maximum atomic E-state index is 13.5. The third-order valence-corrected chi connectivity index (χ3v) is 6.60. The molecule has 1 aliphatic carbocycles. The Labute approximate surface area is 182 Å². The second kappa shape index (κ2) is 9.21. The normalized spacial score (nSPS) is 26.9. The highest BCUT2D eigenvalue weighted by molar-refractivity contribution is 6.42. The summed E-state index contributed by atoms with van der Waals surface area (Å²) in [5, 5.41) is 3.65. The smallest absolute Gasteiger partial charge is 0.256 e. The van der Waals surface area contributed by atoms with Crippen molar-refractivity contribution in [3.05, 3.63) is 33.8 Å². The zero-order valence-electron chi connectivity index (χ0n) is 17.2. The van der Waals surface area contributed by atoms with Gasteiger partial charge in [0, 0.05) is 18.7 Å². The average Bonchev–Trinajstić information content (AvgIpc) is 3.04. The number of rotatable bonds is 5. The predicted molar refractivity (Wildman–Crippen MR) is 114 cm³/mol. The Morgan fingerprint density at radius 2 is 1.93 bits per heavy atom. The van der Waals surface area contributed by atoms with Crippen LogP contribution in [0.4, 0.5) is 0 Å². The summed E-state index contributed by atoms with van der Waals surface area (Å²) in [5.74, 6) is 0.151. The van der Waals surface area contributed by atoms with Crippen molar-refractivity contribution in [3.8, 4) is 0 Å². The quantitative estimate of drug-likeness (QED) is 0.759. The van der Waals surface area contributed by atoms with Gasteiger partial charge in [-0.3, -0.25) is 14.5 Å². The van der Waals surface area contributed by atoms with Crippen molar-refractivity contribution in [2.45, 2.75) is 44.4 Å². The van der Waals surface area contributed by atoms with Gasteiger partial charge in [0.15, 0.2) is 0 Å². The number of nitrogens with zero attached hydrogens (tertiary/aromatic N) is 2. The van der Waals surface area contributed by atoms with E-state index in [0.717, 1.165) is 32.2 Å². The molecule has 3 rings (SSSR count). The Bertz CT molecular complexity index is 764. The number of nitrogens with one attached hydrogen (secondary N) is 1. The molecule has 160 valence electrons. The Hall–Kier alpha value is -1.34. The summed E-state index contributed by atoms with van der Waals surface area (Å²) in [6, 6.07) is 4.16. The van der Waals surface area contributed by atoms with E-state index in [1.807, 2.05) is 19.0 Å². The molecule has 1 N–H and O–H groups in total. The Morgan fingerprint density at radius 1 is 1.24 bits per heavy atom. The zero-order chi connectivity index (χ0) is 21.2. The monoisotopic (exact) mass is 441 g/mol. The van der Waals surface area contributed by atoms with Gasteiger partial charge in [0.1, 0.15) is 11.8 Å². The van der Waals surface area contributed by atoms with Gasteiger partial charge in [0.05, 0.1) is 16.7 Å². The minimum Gasteiger partial charge on any atom is -0.353 e. The first-order valence-electron chi connectivity index (χ1n) is 10.1. The molecule has 1 heterocycles. The molecule has 2 fully saturated rings. The highest BCUT2D eigenvalue weighted by Gasteiger charge is 2.53. The molecule has 0 aromatic heterocycles. The van der Waals surface area contributed by atoms with Gasteiger partial charge in [0.25, 0.3) is 5.91 Å². The molecule has 1 unspecified atom stereocenters. The van der Waals surface area contributed by atoms with Gasteiger partial charge < -0.3 is 15.0 Å². The summed E-state index contributed by atoms with van der Waals surface area (Å²) >= 11 is 12.2. The topological polar surface area (TPSA) is 61.9 Å². The molecule has 1 atom stereocenters. The Morgan fingerprint density at radius 3 is 2.55 bits per heavy atom. The second-order valence-electron chi connectivity index (χ2n) is 8.35. The molecule has 1 aromatic carbocycles. The van der Waals surface area contributed by atoms with Crippen molar-refractivity contribution >= 4 is 35.0 Å². The van der Waals surface area contributed by atoms with Crippen LogP contribution in [0.25, 0.3) is 0 Å². The minimum atomic E-state index is -0.737. The molecule has 0 radical (unpaired) electrons. The fourth-order valence-electron chi connectivity index (χ4n) is 4.07. The number of amides is 2. The van der Waals surface area contributed by atoms with E-state index in [1.54, 1.807) is 23.1 Å². The fourth-order valence-corrected chi connectivity index (χ4v) is 4.37. The van der Waals surface area contributed by atoms with Gasteiger partial charge in [-0.2, -0.15) is 0 Å². The van der Waals surface area contributed by atoms with E-state index in [1.165, 1.54) is 0 Å². The maximum absolute atomic E-state index is 13.5. The Kier molecular flexibility index (Phi) is 7.10. The lowest BCUT2D eigenvalue weighted by atomic mass is 9.83. The standard InChI is InChI=1S/C21H29Cl2N3O3/c1-14-6-8-21(9-7-14)26(20(28)15-4-5-16(22)17(23)12-15)18(13-29-21)19(27)24-10-11-25(2)3/h4-5,12,14,18H,6-11,13H2,1-3H3,(H,24,27). The summed E-state index contributed by atoms with van der Waals surface area (Å²) in [7, 11) is 3.90. The van der Waals surface area contributed by atoms with Crippen LogP contribution < -0.4 is 5.32 Å². The molecule has 8 heteroatoms. The number of halogens is 2. The first-order valence-corrected chi connectivity index (χ1v) is 10.8. The number of ether oxygens (including phenoxy) is 1. The SMILES string of the molecule is CC1CCC2(CC1)OCC(C(=O)NCCN(C)C)N2C(=O)c1ccc(Cl)c(Cl)c1. The van der Waals surface area contributed by atoms with Crippen molar-refractivity contribution in [2.24, 2.45) is 5.92 Å². The van der Waals surface area contributed by atoms with Crippen LogP contribution in [0.3, 0.4) is 0 Å². The highest BCUT2D eigenvalue weighted by atomic mass is 35.5. The van der Waals surface area contributed by atoms with E-state index in [-0.39, 0.29) is 18.4 Å². The lowest BCUT2D eigenvalue weighted by molar-refractivity contribution is -0.127. The van der Waals surface area contributed by atoms with Gasteiger partial charge in [-0.15, -0.1) is 0 Å². The van der Waals surface area contributed by atoms with Crippen LogP contribution in [0, 0.1) is 5.92 Å². The first-order chi connectivity index (χ1) is 13.7. The molecular weight excluding hydrogens is 413 g/mol. The number of hydrogen-bond donors (Lipinski definition) is 1. The average molecular weight is 442 g/mol. The summed E-state index contributed by atoms with van der Waals surface area (Å²) in [4.78, 5) is 30.1. The molecule has 1 aromatic rings. The highest BCUT2D eigenvalue weighted by Crippen LogP contribution is 2.43. The third kappa shape index (κ3) is 4.88. The minimum absolute atomic E-state index is 0.184.